The molecule has 3 rings (SSSR count). The molecule has 0 saturated carbocycles. The standard InChI is InChI=1S/C19H23N3O3/c1-11(2)16(18-12(3)14-7-5-6-8-15(14)25-18)20-9-13-10-22(4)21-17(13)19(23)24/h5-8,10-11,16,20H,9H2,1-4H3,(H,23,24). The highest BCUT2D eigenvalue weighted by molar-refractivity contribution is 5.87. The van der Waals surface area contributed by atoms with E-state index in [2.05, 4.69) is 37.3 Å². The topological polar surface area (TPSA) is 80.3 Å². The first-order chi connectivity index (χ1) is 11.9. The SMILES string of the molecule is Cc1c(C(NCc2cn(C)nc2C(=O)O)C(C)C)oc2ccccc12. The number of aromatic nitrogens is 2. The molecule has 0 aliphatic carbocycles. The van der Waals surface area contributed by atoms with Crippen molar-refractivity contribution in [2.45, 2.75) is 33.4 Å². The van der Waals surface area contributed by atoms with Gasteiger partial charge in [0.25, 0.3) is 0 Å². The number of furan rings is 1. The first kappa shape index (κ1) is 17.2. The lowest BCUT2D eigenvalue weighted by Gasteiger charge is -2.21. The number of hydrogen-bond acceptors (Lipinski definition) is 4. The fourth-order valence-electron chi connectivity index (χ4n) is 3.19. The van der Waals surface area contributed by atoms with Gasteiger partial charge >= 0.3 is 5.97 Å². The Bertz CT molecular complexity index is 908. The first-order valence-electron chi connectivity index (χ1n) is 8.35. The molecule has 1 atom stereocenters. The van der Waals surface area contributed by atoms with E-state index < -0.39 is 5.97 Å². The Labute approximate surface area is 146 Å². The minimum Gasteiger partial charge on any atom is -0.476 e. The Balaban J connectivity index is 1.89. The van der Waals surface area contributed by atoms with Crippen LogP contribution in [-0.4, -0.2) is 20.9 Å². The molecule has 6 heteroatoms. The molecule has 0 saturated heterocycles. The van der Waals surface area contributed by atoms with E-state index in [4.69, 9.17) is 4.42 Å². The summed E-state index contributed by atoms with van der Waals surface area (Å²) in [6, 6.07) is 7.96. The van der Waals surface area contributed by atoms with Gasteiger partial charge in [-0.1, -0.05) is 32.0 Å². The molecule has 0 radical (unpaired) electrons. The summed E-state index contributed by atoms with van der Waals surface area (Å²) in [7, 11) is 1.72. The molecule has 0 aliphatic rings. The number of rotatable bonds is 6. The van der Waals surface area contributed by atoms with Crippen molar-refractivity contribution < 1.29 is 14.3 Å². The number of benzene rings is 1. The number of nitrogens with zero attached hydrogens (tertiary/aromatic N) is 2. The summed E-state index contributed by atoms with van der Waals surface area (Å²) in [4.78, 5) is 11.3. The van der Waals surface area contributed by atoms with Crippen LogP contribution in [0.15, 0.2) is 34.9 Å². The number of nitrogens with one attached hydrogen (secondary N) is 1. The fourth-order valence-corrected chi connectivity index (χ4v) is 3.19. The second-order valence-electron chi connectivity index (χ2n) is 6.67. The average Bonchev–Trinajstić information content (AvgIpc) is 3.09. The molecule has 132 valence electrons. The molecule has 2 N–H and O–H groups in total. The van der Waals surface area contributed by atoms with Gasteiger partial charge < -0.3 is 14.8 Å². The van der Waals surface area contributed by atoms with Gasteiger partial charge in [-0.2, -0.15) is 5.10 Å². The maximum absolute atomic E-state index is 11.3. The summed E-state index contributed by atoms with van der Waals surface area (Å²) in [5.74, 6) is 0.166. The number of hydrogen-bond donors (Lipinski definition) is 2. The average molecular weight is 341 g/mol. The molecule has 2 heterocycles. The largest absolute Gasteiger partial charge is 0.476 e. The van der Waals surface area contributed by atoms with Crippen molar-refractivity contribution >= 4 is 16.9 Å². The normalized spacial score (nSPS) is 12.8. The quantitative estimate of drug-likeness (QED) is 0.715. The van der Waals surface area contributed by atoms with Crippen molar-refractivity contribution in [1.29, 1.82) is 0 Å². The molecule has 2 aromatic heterocycles. The summed E-state index contributed by atoms with van der Waals surface area (Å²) in [6.45, 7) is 6.71. The Morgan fingerprint density at radius 3 is 2.72 bits per heavy atom. The van der Waals surface area contributed by atoms with E-state index in [1.165, 1.54) is 4.68 Å². The Kier molecular flexibility index (Phi) is 4.63. The van der Waals surface area contributed by atoms with Gasteiger partial charge in [-0.25, -0.2) is 4.79 Å². The van der Waals surface area contributed by atoms with Crippen LogP contribution in [0.1, 0.15) is 47.3 Å². The van der Waals surface area contributed by atoms with Gasteiger partial charge in [0.05, 0.1) is 6.04 Å². The zero-order valence-electron chi connectivity index (χ0n) is 14.9. The van der Waals surface area contributed by atoms with Gasteiger partial charge in [-0.05, 0) is 24.5 Å². The van der Waals surface area contributed by atoms with Gasteiger partial charge in [0.15, 0.2) is 5.69 Å². The molecule has 3 aromatic rings. The van der Waals surface area contributed by atoms with Crippen molar-refractivity contribution in [2.24, 2.45) is 13.0 Å². The van der Waals surface area contributed by atoms with Gasteiger partial charge in [-0.3, -0.25) is 4.68 Å². The third-order valence-electron chi connectivity index (χ3n) is 4.45. The van der Waals surface area contributed by atoms with Crippen LogP contribution in [0, 0.1) is 12.8 Å². The van der Waals surface area contributed by atoms with Crippen LogP contribution >= 0.6 is 0 Å². The highest BCUT2D eigenvalue weighted by Crippen LogP contribution is 2.33. The molecule has 0 aliphatic heterocycles. The number of aryl methyl sites for hydroxylation is 2. The van der Waals surface area contributed by atoms with Crippen LogP contribution in [0.4, 0.5) is 0 Å². The fraction of sp³-hybridized carbons (Fsp3) is 0.368. The minimum atomic E-state index is -1.02. The third-order valence-corrected chi connectivity index (χ3v) is 4.45. The minimum absolute atomic E-state index is 0.0192. The molecule has 0 fully saturated rings. The van der Waals surface area contributed by atoms with Gasteiger partial charge in [-0.15, -0.1) is 0 Å². The Hall–Kier alpha value is -2.60. The second kappa shape index (κ2) is 6.72. The molecule has 0 bridgehead atoms. The number of para-hydroxylation sites is 1. The van der Waals surface area contributed by atoms with Crippen molar-refractivity contribution in [1.82, 2.24) is 15.1 Å². The van der Waals surface area contributed by atoms with E-state index in [1.54, 1.807) is 13.2 Å². The highest BCUT2D eigenvalue weighted by Gasteiger charge is 2.24. The third kappa shape index (κ3) is 3.30. The van der Waals surface area contributed by atoms with E-state index in [1.807, 2.05) is 18.2 Å². The monoisotopic (exact) mass is 341 g/mol. The lowest BCUT2D eigenvalue weighted by Crippen LogP contribution is -2.26. The van der Waals surface area contributed by atoms with E-state index in [0.717, 1.165) is 22.3 Å². The number of carboxylic acids is 1. The lowest BCUT2D eigenvalue weighted by atomic mass is 9.98. The summed E-state index contributed by atoms with van der Waals surface area (Å²) in [5.41, 5.74) is 2.73. The molecule has 0 amide bonds. The summed E-state index contributed by atoms with van der Waals surface area (Å²) in [6.07, 6.45) is 1.74. The lowest BCUT2D eigenvalue weighted by molar-refractivity contribution is 0.0688. The maximum Gasteiger partial charge on any atom is 0.356 e. The zero-order chi connectivity index (χ0) is 18.1. The Morgan fingerprint density at radius 2 is 2.08 bits per heavy atom. The predicted octanol–water partition coefficient (Wildman–Crippen LogP) is 3.66. The number of fused-ring (bicyclic) bond motifs is 1. The highest BCUT2D eigenvalue weighted by atomic mass is 16.4. The molecule has 0 spiro atoms. The van der Waals surface area contributed by atoms with E-state index >= 15 is 0 Å². The second-order valence-corrected chi connectivity index (χ2v) is 6.67. The Morgan fingerprint density at radius 1 is 1.36 bits per heavy atom. The van der Waals surface area contributed by atoms with E-state index in [9.17, 15) is 9.90 Å². The smallest absolute Gasteiger partial charge is 0.356 e. The molecule has 1 unspecified atom stereocenters. The van der Waals surface area contributed by atoms with Crippen LogP contribution in [0.5, 0.6) is 0 Å². The molecule has 25 heavy (non-hydrogen) atoms. The molecular formula is C19H23N3O3. The van der Waals surface area contributed by atoms with Crippen LogP contribution < -0.4 is 5.32 Å². The molecule has 6 nitrogen and oxygen atoms in total. The van der Waals surface area contributed by atoms with Crippen molar-refractivity contribution in [2.75, 3.05) is 0 Å². The van der Waals surface area contributed by atoms with Crippen molar-refractivity contribution in [3.63, 3.8) is 0 Å². The number of carboxylic acid groups (broad SMARTS) is 1. The van der Waals surface area contributed by atoms with E-state index in [0.29, 0.717) is 12.1 Å². The number of aromatic carboxylic acids is 1. The van der Waals surface area contributed by atoms with Crippen molar-refractivity contribution in [3.05, 3.63) is 53.0 Å². The van der Waals surface area contributed by atoms with Gasteiger partial charge in [0.2, 0.25) is 0 Å². The van der Waals surface area contributed by atoms with Crippen molar-refractivity contribution in [3.8, 4) is 0 Å². The van der Waals surface area contributed by atoms with Crippen LogP contribution in [0.2, 0.25) is 0 Å². The summed E-state index contributed by atoms with van der Waals surface area (Å²) >= 11 is 0. The van der Waals surface area contributed by atoms with E-state index in [-0.39, 0.29) is 17.7 Å². The van der Waals surface area contributed by atoms with Crippen LogP contribution in [-0.2, 0) is 13.6 Å². The summed E-state index contributed by atoms with van der Waals surface area (Å²) < 4.78 is 7.62. The number of carbonyl (C=O) groups is 1. The zero-order valence-corrected chi connectivity index (χ0v) is 14.9. The van der Waals surface area contributed by atoms with Crippen LogP contribution in [0.25, 0.3) is 11.0 Å². The molecule has 1 aromatic carbocycles. The van der Waals surface area contributed by atoms with Gasteiger partial charge in [0, 0.05) is 30.7 Å². The molecular weight excluding hydrogens is 318 g/mol. The first-order valence-corrected chi connectivity index (χ1v) is 8.35. The van der Waals surface area contributed by atoms with Crippen LogP contribution in [0.3, 0.4) is 0 Å². The predicted molar refractivity (Wildman–Crippen MR) is 95.5 cm³/mol. The van der Waals surface area contributed by atoms with Gasteiger partial charge in [0.1, 0.15) is 11.3 Å². The summed E-state index contributed by atoms with van der Waals surface area (Å²) in [5, 5.41) is 17.9. The maximum atomic E-state index is 11.3.